The summed E-state index contributed by atoms with van der Waals surface area (Å²) in [6.07, 6.45) is 0. The van der Waals surface area contributed by atoms with E-state index in [-0.39, 0.29) is 10.7 Å². The Labute approximate surface area is 106 Å². The van der Waals surface area contributed by atoms with Gasteiger partial charge in [-0.3, -0.25) is 4.79 Å². The first kappa shape index (κ1) is 13.2. The second-order valence-corrected chi connectivity index (χ2v) is 5.37. The monoisotopic (exact) mass is 283 g/mol. The zero-order valence-electron chi connectivity index (χ0n) is 10.2. The van der Waals surface area contributed by atoms with Crippen molar-refractivity contribution < 1.29 is 4.79 Å². The van der Waals surface area contributed by atoms with Crippen molar-refractivity contribution in [3.05, 3.63) is 29.8 Å². The number of rotatable bonds is 3. The molecule has 0 bridgehead atoms. The van der Waals surface area contributed by atoms with Gasteiger partial charge in [0.05, 0.1) is 4.83 Å². The summed E-state index contributed by atoms with van der Waals surface area (Å²) in [7, 11) is 1.81. The van der Waals surface area contributed by atoms with Crippen molar-refractivity contribution in [2.24, 2.45) is 5.92 Å². The van der Waals surface area contributed by atoms with Gasteiger partial charge in [0.15, 0.2) is 0 Å². The summed E-state index contributed by atoms with van der Waals surface area (Å²) in [6, 6.07) is 7.95. The predicted molar refractivity (Wildman–Crippen MR) is 72.1 cm³/mol. The van der Waals surface area contributed by atoms with Gasteiger partial charge in [-0.25, -0.2) is 0 Å². The van der Waals surface area contributed by atoms with E-state index in [1.807, 2.05) is 52.1 Å². The lowest BCUT2D eigenvalue weighted by Crippen LogP contribution is -2.35. The molecule has 1 rings (SSSR count). The maximum absolute atomic E-state index is 12.1. The standard InChI is InChI=1S/C13H18BrNO/c1-9(2)12(14)13(16)15(4)11-7-5-6-10(3)8-11/h5-9,12H,1-4H3. The van der Waals surface area contributed by atoms with Gasteiger partial charge in [0.25, 0.3) is 0 Å². The minimum absolute atomic E-state index is 0.0978. The van der Waals surface area contributed by atoms with Crippen LogP contribution < -0.4 is 4.90 Å². The molecule has 88 valence electrons. The number of hydrogen-bond acceptors (Lipinski definition) is 1. The van der Waals surface area contributed by atoms with E-state index >= 15 is 0 Å². The van der Waals surface area contributed by atoms with Gasteiger partial charge < -0.3 is 4.90 Å². The number of hydrogen-bond donors (Lipinski definition) is 0. The molecule has 0 N–H and O–H groups in total. The first-order valence-corrected chi connectivity index (χ1v) is 6.33. The highest BCUT2D eigenvalue weighted by Crippen LogP contribution is 2.20. The zero-order valence-corrected chi connectivity index (χ0v) is 11.8. The Bertz CT molecular complexity index is 376. The number of nitrogens with zero attached hydrogens (tertiary/aromatic N) is 1. The van der Waals surface area contributed by atoms with Crippen molar-refractivity contribution in [3.63, 3.8) is 0 Å². The number of carbonyl (C=O) groups is 1. The van der Waals surface area contributed by atoms with Crippen molar-refractivity contribution in [2.75, 3.05) is 11.9 Å². The molecule has 0 saturated heterocycles. The van der Waals surface area contributed by atoms with Crippen LogP contribution in [0.25, 0.3) is 0 Å². The highest BCUT2D eigenvalue weighted by Gasteiger charge is 2.22. The third kappa shape index (κ3) is 3.08. The third-order valence-corrected chi connectivity index (χ3v) is 3.99. The smallest absolute Gasteiger partial charge is 0.240 e. The number of carbonyl (C=O) groups excluding carboxylic acids is 1. The van der Waals surface area contributed by atoms with Gasteiger partial charge in [-0.2, -0.15) is 0 Å². The van der Waals surface area contributed by atoms with Crippen molar-refractivity contribution in [3.8, 4) is 0 Å². The Morgan fingerprint density at radius 1 is 1.38 bits per heavy atom. The van der Waals surface area contributed by atoms with E-state index in [4.69, 9.17) is 0 Å². The predicted octanol–water partition coefficient (Wildman–Crippen LogP) is 3.38. The third-order valence-electron chi connectivity index (χ3n) is 2.54. The molecule has 1 aromatic rings. The summed E-state index contributed by atoms with van der Waals surface area (Å²) < 4.78 is 0. The first-order chi connectivity index (χ1) is 7.43. The Kier molecular flexibility index (Phi) is 4.54. The lowest BCUT2D eigenvalue weighted by Gasteiger charge is -2.22. The molecule has 1 atom stereocenters. The average Bonchev–Trinajstić information content (AvgIpc) is 2.26. The summed E-state index contributed by atoms with van der Waals surface area (Å²) in [6.45, 7) is 6.08. The molecule has 3 heteroatoms. The van der Waals surface area contributed by atoms with E-state index in [9.17, 15) is 4.79 Å². The number of amides is 1. The molecule has 0 aliphatic rings. The van der Waals surface area contributed by atoms with Crippen LogP contribution in [0.5, 0.6) is 0 Å². The highest BCUT2D eigenvalue weighted by atomic mass is 79.9. The van der Waals surface area contributed by atoms with Crippen LogP contribution in [0.15, 0.2) is 24.3 Å². The lowest BCUT2D eigenvalue weighted by molar-refractivity contribution is -0.118. The Morgan fingerprint density at radius 2 is 2.00 bits per heavy atom. The van der Waals surface area contributed by atoms with E-state index in [1.165, 1.54) is 0 Å². The molecule has 0 saturated carbocycles. The minimum Gasteiger partial charge on any atom is -0.315 e. The molecule has 0 fully saturated rings. The molecule has 2 nitrogen and oxygen atoms in total. The molecule has 0 spiro atoms. The first-order valence-electron chi connectivity index (χ1n) is 5.41. The summed E-state index contributed by atoms with van der Waals surface area (Å²) in [5.41, 5.74) is 2.10. The van der Waals surface area contributed by atoms with Crippen molar-refractivity contribution in [1.82, 2.24) is 0 Å². The molecular formula is C13H18BrNO. The maximum atomic E-state index is 12.1. The van der Waals surface area contributed by atoms with Crippen LogP contribution in [-0.4, -0.2) is 17.8 Å². The molecule has 16 heavy (non-hydrogen) atoms. The van der Waals surface area contributed by atoms with Gasteiger partial charge >= 0.3 is 0 Å². The van der Waals surface area contributed by atoms with E-state index in [0.29, 0.717) is 5.92 Å². The van der Waals surface area contributed by atoms with Gasteiger partial charge in [-0.05, 0) is 30.5 Å². The minimum atomic E-state index is -0.127. The van der Waals surface area contributed by atoms with Crippen LogP contribution in [0, 0.1) is 12.8 Å². The molecule has 0 aliphatic carbocycles. The second kappa shape index (κ2) is 5.48. The van der Waals surface area contributed by atoms with Gasteiger partial charge in [0.1, 0.15) is 0 Å². The number of alkyl halides is 1. The van der Waals surface area contributed by atoms with Crippen molar-refractivity contribution in [1.29, 1.82) is 0 Å². The number of aryl methyl sites for hydroxylation is 1. The molecule has 0 aliphatic heterocycles. The molecular weight excluding hydrogens is 266 g/mol. The van der Waals surface area contributed by atoms with Crippen molar-refractivity contribution >= 4 is 27.5 Å². The molecule has 0 aromatic heterocycles. The molecule has 1 aromatic carbocycles. The topological polar surface area (TPSA) is 20.3 Å². The van der Waals surface area contributed by atoms with Crippen molar-refractivity contribution in [2.45, 2.75) is 25.6 Å². The van der Waals surface area contributed by atoms with E-state index in [2.05, 4.69) is 15.9 Å². The fourth-order valence-corrected chi connectivity index (χ4v) is 1.74. The molecule has 1 amide bonds. The molecule has 1 unspecified atom stereocenters. The highest BCUT2D eigenvalue weighted by molar-refractivity contribution is 9.10. The maximum Gasteiger partial charge on any atom is 0.240 e. The van der Waals surface area contributed by atoms with E-state index in [1.54, 1.807) is 4.90 Å². The Morgan fingerprint density at radius 3 is 2.50 bits per heavy atom. The number of halogens is 1. The Hall–Kier alpha value is -0.830. The lowest BCUT2D eigenvalue weighted by atomic mass is 10.1. The fraction of sp³-hybridized carbons (Fsp3) is 0.462. The van der Waals surface area contributed by atoms with Crippen LogP contribution in [-0.2, 0) is 4.79 Å². The van der Waals surface area contributed by atoms with Crippen LogP contribution in [0.2, 0.25) is 0 Å². The molecule has 0 radical (unpaired) electrons. The van der Waals surface area contributed by atoms with Crippen LogP contribution >= 0.6 is 15.9 Å². The summed E-state index contributed by atoms with van der Waals surface area (Å²) in [4.78, 5) is 13.6. The van der Waals surface area contributed by atoms with Gasteiger partial charge in [0.2, 0.25) is 5.91 Å². The Balaban J connectivity index is 2.86. The van der Waals surface area contributed by atoms with Gasteiger partial charge in [0, 0.05) is 12.7 Å². The van der Waals surface area contributed by atoms with Crippen LogP contribution in [0.1, 0.15) is 19.4 Å². The summed E-state index contributed by atoms with van der Waals surface area (Å²) >= 11 is 3.43. The zero-order chi connectivity index (χ0) is 12.3. The fourth-order valence-electron chi connectivity index (χ4n) is 1.43. The van der Waals surface area contributed by atoms with Crippen LogP contribution in [0.4, 0.5) is 5.69 Å². The summed E-state index contributed by atoms with van der Waals surface area (Å²) in [5, 5.41) is 0. The average molecular weight is 284 g/mol. The van der Waals surface area contributed by atoms with Gasteiger partial charge in [-0.15, -0.1) is 0 Å². The quantitative estimate of drug-likeness (QED) is 0.779. The van der Waals surface area contributed by atoms with E-state index in [0.717, 1.165) is 11.3 Å². The number of anilines is 1. The van der Waals surface area contributed by atoms with Crippen LogP contribution in [0.3, 0.4) is 0 Å². The van der Waals surface area contributed by atoms with E-state index < -0.39 is 0 Å². The summed E-state index contributed by atoms with van der Waals surface area (Å²) in [5.74, 6) is 0.389. The SMILES string of the molecule is Cc1cccc(N(C)C(=O)C(Br)C(C)C)c1. The molecule has 0 heterocycles. The largest absolute Gasteiger partial charge is 0.315 e. The number of benzene rings is 1. The van der Waals surface area contributed by atoms with Gasteiger partial charge in [-0.1, -0.05) is 41.9 Å². The normalized spacial score (nSPS) is 12.6. The second-order valence-electron chi connectivity index (χ2n) is 4.38.